The molecule has 1 heterocycles. The molecule has 5 heteroatoms. The lowest BCUT2D eigenvalue weighted by atomic mass is 10.0. The molecule has 0 aromatic carbocycles. The monoisotopic (exact) mass is 245 g/mol. The van der Waals surface area contributed by atoms with Crippen molar-refractivity contribution in [3.8, 4) is 0 Å². The van der Waals surface area contributed by atoms with Crippen molar-refractivity contribution in [2.75, 3.05) is 33.4 Å². The number of hydrogen-bond acceptors (Lipinski definition) is 5. The first kappa shape index (κ1) is 14.4. The molecule has 0 unspecified atom stereocenters. The van der Waals surface area contributed by atoms with Crippen LogP contribution in [0.25, 0.3) is 0 Å². The fourth-order valence-corrected chi connectivity index (χ4v) is 1.37. The van der Waals surface area contributed by atoms with Crippen LogP contribution in [0, 0.1) is 0 Å². The first-order chi connectivity index (χ1) is 7.87. The van der Waals surface area contributed by atoms with Gasteiger partial charge in [0.1, 0.15) is 6.61 Å². The minimum Gasteiger partial charge on any atom is -0.464 e. The number of carbonyl (C=O) groups is 1. The lowest BCUT2D eigenvalue weighted by molar-refractivity contribution is -0.159. The third-order valence-electron chi connectivity index (χ3n) is 3.06. The van der Waals surface area contributed by atoms with Crippen molar-refractivity contribution < 1.29 is 19.0 Å². The van der Waals surface area contributed by atoms with Crippen LogP contribution in [0.15, 0.2) is 0 Å². The Bertz CT molecular complexity index is 261. The SMILES string of the molecule is COC(C)(C)CCOC(=O)COC1(C)CNC1. The molecule has 1 saturated heterocycles. The molecule has 0 bridgehead atoms. The third kappa shape index (κ3) is 5.02. The topological polar surface area (TPSA) is 56.8 Å². The van der Waals surface area contributed by atoms with Gasteiger partial charge in [0.15, 0.2) is 0 Å². The minimum absolute atomic E-state index is 0.0194. The molecular weight excluding hydrogens is 222 g/mol. The molecule has 1 aliphatic rings. The van der Waals surface area contributed by atoms with Crippen molar-refractivity contribution in [3.63, 3.8) is 0 Å². The Morgan fingerprint density at radius 3 is 2.53 bits per heavy atom. The second kappa shape index (κ2) is 5.80. The van der Waals surface area contributed by atoms with Crippen molar-refractivity contribution >= 4 is 5.97 Å². The molecule has 0 spiro atoms. The molecule has 0 aromatic heterocycles. The molecule has 1 aliphatic heterocycles. The molecule has 0 radical (unpaired) electrons. The van der Waals surface area contributed by atoms with E-state index in [-0.39, 0.29) is 23.8 Å². The van der Waals surface area contributed by atoms with E-state index < -0.39 is 0 Å². The van der Waals surface area contributed by atoms with Crippen molar-refractivity contribution in [2.24, 2.45) is 0 Å². The van der Waals surface area contributed by atoms with Gasteiger partial charge in [0.25, 0.3) is 0 Å². The Morgan fingerprint density at radius 1 is 1.41 bits per heavy atom. The van der Waals surface area contributed by atoms with Crippen LogP contribution >= 0.6 is 0 Å². The average Bonchev–Trinajstić information content (AvgIpc) is 2.23. The van der Waals surface area contributed by atoms with Crippen LogP contribution in [-0.4, -0.2) is 50.6 Å². The van der Waals surface area contributed by atoms with Gasteiger partial charge in [-0.15, -0.1) is 0 Å². The molecule has 5 nitrogen and oxygen atoms in total. The molecule has 1 rings (SSSR count). The van der Waals surface area contributed by atoms with E-state index in [1.54, 1.807) is 7.11 Å². The molecule has 1 N–H and O–H groups in total. The van der Waals surface area contributed by atoms with Crippen LogP contribution in [0.1, 0.15) is 27.2 Å². The number of hydrogen-bond donors (Lipinski definition) is 1. The molecule has 1 fully saturated rings. The van der Waals surface area contributed by atoms with Crippen LogP contribution in [-0.2, 0) is 19.0 Å². The Balaban J connectivity index is 2.09. The fraction of sp³-hybridized carbons (Fsp3) is 0.917. The lowest BCUT2D eigenvalue weighted by Crippen LogP contribution is -2.59. The summed E-state index contributed by atoms with van der Waals surface area (Å²) in [4.78, 5) is 11.4. The summed E-state index contributed by atoms with van der Waals surface area (Å²) in [5.74, 6) is -0.315. The van der Waals surface area contributed by atoms with E-state index in [1.165, 1.54) is 0 Å². The second-order valence-corrected chi connectivity index (χ2v) is 5.28. The number of carbonyl (C=O) groups excluding carboxylic acids is 1. The zero-order valence-corrected chi connectivity index (χ0v) is 11.2. The van der Waals surface area contributed by atoms with E-state index in [2.05, 4.69) is 5.32 Å². The number of nitrogens with one attached hydrogen (secondary N) is 1. The van der Waals surface area contributed by atoms with E-state index in [4.69, 9.17) is 14.2 Å². The standard InChI is InChI=1S/C12H23NO4/c1-11(2,15-4)5-6-16-10(14)7-17-12(3)8-13-9-12/h13H,5-9H2,1-4H3. The molecule has 0 amide bonds. The van der Waals surface area contributed by atoms with Crippen molar-refractivity contribution in [1.82, 2.24) is 5.32 Å². The highest BCUT2D eigenvalue weighted by Crippen LogP contribution is 2.15. The van der Waals surface area contributed by atoms with Gasteiger partial charge in [-0.2, -0.15) is 0 Å². The summed E-state index contributed by atoms with van der Waals surface area (Å²) in [5.41, 5.74) is -0.462. The van der Waals surface area contributed by atoms with Gasteiger partial charge in [-0.3, -0.25) is 0 Å². The highest BCUT2D eigenvalue weighted by Gasteiger charge is 2.33. The summed E-state index contributed by atoms with van der Waals surface area (Å²) in [5, 5.41) is 3.10. The van der Waals surface area contributed by atoms with E-state index >= 15 is 0 Å². The number of ether oxygens (including phenoxy) is 3. The Labute approximate surface area is 103 Å². The second-order valence-electron chi connectivity index (χ2n) is 5.28. The van der Waals surface area contributed by atoms with Crippen LogP contribution in [0.3, 0.4) is 0 Å². The number of rotatable bonds is 7. The Morgan fingerprint density at radius 2 is 2.06 bits per heavy atom. The zero-order valence-electron chi connectivity index (χ0n) is 11.2. The number of esters is 1. The van der Waals surface area contributed by atoms with Gasteiger partial charge in [-0.1, -0.05) is 0 Å². The van der Waals surface area contributed by atoms with Gasteiger partial charge in [0.05, 0.1) is 17.8 Å². The van der Waals surface area contributed by atoms with Crippen molar-refractivity contribution in [1.29, 1.82) is 0 Å². The Hall–Kier alpha value is -0.650. The smallest absolute Gasteiger partial charge is 0.332 e. The van der Waals surface area contributed by atoms with Gasteiger partial charge >= 0.3 is 5.97 Å². The zero-order chi connectivity index (χ0) is 12.9. The van der Waals surface area contributed by atoms with Crippen molar-refractivity contribution in [3.05, 3.63) is 0 Å². The van der Waals surface area contributed by atoms with Crippen LogP contribution in [0.4, 0.5) is 0 Å². The predicted molar refractivity (Wildman–Crippen MR) is 63.9 cm³/mol. The van der Waals surface area contributed by atoms with Gasteiger partial charge in [0.2, 0.25) is 0 Å². The first-order valence-corrected chi connectivity index (χ1v) is 5.92. The third-order valence-corrected chi connectivity index (χ3v) is 3.06. The largest absolute Gasteiger partial charge is 0.464 e. The summed E-state index contributed by atoms with van der Waals surface area (Å²) < 4.78 is 15.8. The van der Waals surface area contributed by atoms with Crippen molar-refractivity contribution in [2.45, 2.75) is 38.4 Å². The summed E-state index contributed by atoms with van der Waals surface area (Å²) in [7, 11) is 1.65. The molecule has 100 valence electrons. The minimum atomic E-state index is -0.315. The summed E-state index contributed by atoms with van der Waals surface area (Å²) in [6, 6.07) is 0. The maximum atomic E-state index is 11.4. The van der Waals surface area contributed by atoms with E-state index in [0.717, 1.165) is 13.1 Å². The van der Waals surface area contributed by atoms with Crippen LogP contribution in [0.5, 0.6) is 0 Å². The van der Waals surface area contributed by atoms with E-state index in [9.17, 15) is 4.79 Å². The number of methoxy groups -OCH3 is 1. The Kier molecular flexibility index (Phi) is 4.91. The summed E-state index contributed by atoms with van der Waals surface area (Å²) in [6.07, 6.45) is 0.675. The molecule has 0 saturated carbocycles. The maximum absolute atomic E-state index is 11.4. The average molecular weight is 245 g/mol. The summed E-state index contributed by atoms with van der Waals surface area (Å²) in [6.45, 7) is 7.85. The molecule has 0 atom stereocenters. The predicted octanol–water partition coefficient (Wildman–Crippen LogP) is 0.723. The maximum Gasteiger partial charge on any atom is 0.332 e. The van der Waals surface area contributed by atoms with Gasteiger partial charge in [0, 0.05) is 26.6 Å². The molecule has 17 heavy (non-hydrogen) atoms. The molecule has 0 aliphatic carbocycles. The highest BCUT2D eigenvalue weighted by molar-refractivity contribution is 5.70. The van der Waals surface area contributed by atoms with Gasteiger partial charge in [-0.25, -0.2) is 4.79 Å². The van der Waals surface area contributed by atoms with Crippen LogP contribution < -0.4 is 5.32 Å². The van der Waals surface area contributed by atoms with E-state index in [0.29, 0.717) is 13.0 Å². The van der Waals surface area contributed by atoms with E-state index in [1.807, 2.05) is 20.8 Å². The van der Waals surface area contributed by atoms with Gasteiger partial charge in [-0.05, 0) is 20.8 Å². The normalized spacial score (nSPS) is 18.6. The van der Waals surface area contributed by atoms with Crippen LogP contribution in [0.2, 0.25) is 0 Å². The lowest BCUT2D eigenvalue weighted by Gasteiger charge is -2.38. The molecular formula is C12H23NO4. The van der Waals surface area contributed by atoms with Gasteiger partial charge < -0.3 is 19.5 Å². The summed E-state index contributed by atoms with van der Waals surface area (Å²) >= 11 is 0. The first-order valence-electron chi connectivity index (χ1n) is 5.92. The quantitative estimate of drug-likeness (QED) is 0.670. The molecule has 0 aromatic rings. The fourth-order valence-electron chi connectivity index (χ4n) is 1.37. The highest BCUT2D eigenvalue weighted by atomic mass is 16.6.